The highest BCUT2D eigenvalue weighted by molar-refractivity contribution is 5.96. The fourth-order valence-corrected chi connectivity index (χ4v) is 2.95. The Morgan fingerprint density at radius 1 is 1.16 bits per heavy atom. The van der Waals surface area contributed by atoms with Gasteiger partial charge in [0.15, 0.2) is 0 Å². The number of nitrogens with zero attached hydrogens (tertiary/aromatic N) is 2. The van der Waals surface area contributed by atoms with Gasteiger partial charge < -0.3 is 10.4 Å². The van der Waals surface area contributed by atoms with Crippen LogP contribution in [0.5, 0.6) is 0 Å². The van der Waals surface area contributed by atoms with Crippen LogP contribution >= 0.6 is 0 Å². The normalized spacial score (nSPS) is 13.8. The summed E-state index contributed by atoms with van der Waals surface area (Å²) >= 11 is 0. The lowest BCUT2D eigenvalue weighted by Gasteiger charge is -2.09. The lowest BCUT2D eigenvalue weighted by Crippen LogP contribution is -2.14. The van der Waals surface area contributed by atoms with Crippen molar-refractivity contribution in [2.45, 2.75) is 26.4 Å². The van der Waals surface area contributed by atoms with Crippen LogP contribution < -0.4 is 5.32 Å². The first-order valence-electron chi connectivity index (χ1n) is 8.41. The number of aromatic nitrogens is 2. The van der Waals surface area contributed by atoms with Gasteiger partial charge in [-0.05, 0) is 54.5 Å². The maximum atomic E-state index is 11.9. The van der Waals surface area contributed by atoms with Crippen molar-refractivity contribution in [3.05, 3.63) is 54.0 Å². The summed E-state index contributed by atoms with van der Waals surface area (Å²) in [7, 11) is 0. The highest BCUT2D eigenvalue weighted by Crippen LogP contribution is 2.31. The molecule has 0 atom stereocenters. The first kappa shape index (κ1) is 15.7. The Hall–Kier alpha value is -2.79. The van der Waals surface area contributed by atoms with Crippen LogP contribution in [0.15, 0.2) is 42.7 Å². The Morgan fingerprint density at radius 3 is 2.72 bits per heavy atom. The summed E-state index contributed by atoms with van der Waals surface area (Å²) in [5.74, 6) is 0.827. The van der Waals surface area contributed by atoms with Crippen LogP contribution in [0.25, 0.3) is 21.9 Å². The molecule has 1 saturated carbocycles. The number of anilines is 1. The van der Waals surface area contributed by atoms with Crippen molar-refractivity contribution in [1.82, 2.24) is 9.97 Å². The highest BCUT2D eigenvalue weighted by Gasteiger charge is 2.29. The Balaban J connectivity index is 1.65. The molecule has 2 N–H and O–H groups in total. The predicted octanol–water partition coefficient (Wildman–Crippen LogP) is 3.45. The molecule has 0 radical (unpaired) electrons. The van der Waals surface area contributed by atoms with E-state index in [1.54, 1.807) is 12.4 Å². The SMILES string of the molecule is Cc1cc(CO)ncc1-c1ccc2cc(NC(=O)C3CC3)ncc2c1. The summed E-state index contributed by atoms with van der Waals surface area (Å²) in [5, 5.41) is 14.1. The number of nitrogens with one attached hydrogen (secondary N) is 1. The van der Waals surface area contributed by atoms with Gasteiger partial charge in [0.25, 0.3) is 0 Å². The molecule has 1 fully saturated rings. The number of pyridine rings is 2. The number of carbonyl (C=O) groups is 1. The van der Waals surface area contributed by atoms with Crippen LogP contribution in [0.2, 0.25) is 0 Å². The number of hydrogen-bond acceptors (Lipinski definition) is 4. The van der Waals surface area contributed by atoms with Crippen molar-refractivity contribution in [3.8, 4) is 11.1 Å². The molecule has 0 aliphatic heterocycles. The Bertz CT molecular complexity index is 964. The van der Waals surface area contributed by atoms with E-state index in [9.17, 15) is 9.90 Å². The molecular formula is C20H19N3O2. The molecule has 1 aliphatic carbocycles. The second-order valence-electron chi connectivity index (χ2n) is 6.54. The molecule has 2 heterocycles. The summed E-state index contributed by atoms with van der Waals surface area (Å²) in [4.78, 5) is 20.5. The summed E-state index contributed by atoms with van der Waals surface area (Å²) in [6.07, 6.45) is 5.53. The van der Waals surface area contributed by atoms with E-state index < -0.39 is 0 Å². The molecule has 0 saturated heterocycles. The molecule has 0 unspecified atom stereocenters. The third kappa shape index (κ3) is 3.23. The molecule has 0 spiro atoms. The molecular weight excluding hydrogens is 314 g/mol. The van der Waals surface area contributed by atoms with Crippen LogP contribution in [0.1, 0.15) is 24.1 Å². The molecule has 1 amide bonds. The summed E-state index contributed by atoms with van der Waals surface area (Å²) in [5.41, 5.74) is 3.82. The molecule has 1 aromatic carbocycles. The van der Waals surface area contributed by atoms with Gasteiger partial charge in [-0.25, -0.2) is 4.98 Å². The second-order valence-corrected chi connectivity index (χ2v) is 6.54. The average Bonchev–Trinajstić information content (AvgIpc) is 3.46. The first-order chi connectivity index (χ1) is 12.1. The lowest BCUT2D eigenvalue weighted by molar-refractivity contribution is -0.117. The van der Waals surface area contributed by atoms with Gasteiger partial charge in [-0.2, -0.15) is 0 Å². The molecule has 4 rings (SSSR count). The van der Waals surface area contributed by atoms with Gasteiger partial charge in [0.2, 0.25) is 5.91 Å². The van der Waals surface area contributed by atoms with Crippen LogP contribution in [-0.2, 0) is 11.4 Å². The van der Waals surface area contributed by atoms with Gasteiger partial charge in [0, 0.05) is 29.3 Å². The summed E-state index contributed by atoms with van der Waals surface area (Å²) in [6, 6.07) is 9.93. The zero-order valence-electron chi connectivity index (χ0n) is 14.0. The van der Waals surface area contributed by atoms with Crippen molar-refractivity contribution in [1.29, 1.82) is 0 Å². The van der Waals surface area contributed by atoms with Gasteiger partial charge in [-0.1, -0.05) is 12.1 Å². The van der Waals surface area contributed by atoms with Gasteiger partial charge in [-0.15, -0.1) is 0 Å². The third-order valence-electron chi connectivity index (χ3n) is 4.56. The number of benzene rings is 1. The maximum absolute atomic E-state index is 11.9. The van der Waals surface area contributed by atoms with E-state index in [-0.39, 0.29) is 18.4 Å². The summed E-state index contributed by atoms with van der Waals surface area (Å²) < 4.78 is 0. The molecule has 0 bridgehead atoms. The van der Waals surface area contributed by atoms with E-state index in [4.69, 9.17) is 0 Å². The zero-order chi connectivity index (χ0) is 17.4. The fourth-order valence-electron chi connectivity index (χ4n) is 2.95. The number of aliphatic hydroxyl groups is 1. The van der Waals surface area contributed by atoms with E-state index in [2.05, 4.69) is 21.4 Å². The van der Waals surface area contributed by atoms with Gasteiger partial charge >= 0.3 is 0 Å². The van der Waals surface area contributed by atoms with Crippen LogP contribution in [0.4, 0.5) is 5.82 Å². The average molecular weight is 333 g/mol. The minimum Gasteiger partial charge on any atom is -0.390 e. The van der Waals surface area contributed by atoms with Crippen LogP contribution in [0.3, 0.4) is 0 Å². The topological polar surface area (TPSA) is 75.1 Å². The standard InChI is InChI=1S/C20H19N3O2/c1-12-6-17(11-24)21-10-18(12)15-5-4-14-8-19(22-9-16(14)7-15)23-20(25)13-2-3-13/h4-10,13,24H,2-3,11H2,1H3,(H,22,23,25). The Labute approximate surface area is 145 Å². The second kappa shape index (κ2) is 6.26. The molecule has 25 heavy (non-hydrogen) atoms. The smallest absolute Gasteiger partial charge is 0.228 e. The Kier molecular flexibility index (Phi) is 3.93. The third-order valence-corrected chi connectivity index (χ3v) is 4.56. The largest absolute Gasteiger partial charge is 0.390 e. The Morgan fingerprint density at radius 2 is 2.00 bits per heavy atom. The van der Waals surface area contributed by atoms with Crippen molar-refractivity contribution in [3.63, 3.8) is 0 Å². The lowest BCUT2D eigenvalue weighted by atomic mass is 10.00. The maximum Gasteiger partial charge on any atom is 0.228 e. The number of carbonyl (C=O) groups excluding carboxylic acids is 1. The molecule has 5 heteroatoms. The van der Waals surface area contributed by atoms with Crippen molar-refractivity contribution >= 4 is 22.5 Å². The summed E-state index contributed by atoms with van der Waals surface area (Å²) in [6.45, 7) is 1.95. The zero-order valence-corrected chi connectivity index (χ0v) is 14.0. The number of aryl methyl sites for hydroxylation is 1. The van der Waals surface area contributed by atoms with Gasteiger partial charge in [0.05, 0.1) is 12.3 Å². The molecule has 126 valence electrons. The quantitative estimate of drug-likeness (QED) is 0.767. The monoisotopic (exact) mass is 333 g/mol. The molecule has 2 aromatic heterocycles. The molecule has 3 aromatic rings. The van der Waals surface area contributed by atoms with E-state index >= 15 is 0 Å². The minimum absolute atomic E-state index is 0.0574. The van der Waals surface area contributed by atoms with E-state index in [0.717, 1.165) is 40.3 Å². The fraction of sp³-hybridized carbons (Fsp3) is 0.250. The van der Waals surface area contributed by atoms with Gasteiger partial charge in [-0.3, -0.25) is 9.78 Å². The number of fused-ring (bicyclic) bond motifs is 1. The van der Waals surface area contributed by atoms with Crippen molar-refractivity contribution in [2.75, 3.05) is 5.32 Å². The number of hydrogen-bond donors (Lipinski definition) is 2. The molecule has 1 aliphatic rings. The number of amides is 1. The van der Waals surface area contributed by atoms with E-state index in [1.165, 1.54) is 0 Å². The minimum atomic E-state index is -0.0574. The van der Waals surface area contributed by atoms with E-state index in [0.29, 0.717) is 11.5 Å². The number of aliphatic hydroxyl groups excluding tert-OH is 1. The predicted molar refractivity (Wildman–Crippen MR) is 97.0 cm³/mol. The first-order valence-corrected chi connectivity index (χ1v) is 8.41. The van der Waals surface area contributed by atoms with Crippen LogP contribution in [-0.4, -0.2) is 21.0 Å². The van der Waals surface area contributed by atoms with Crippen LogP contribution in [0, 0.1) is 12.8 Å². The van der Waals surface area contributed by atoms with E-state index in [1.807, 2.05) is 31.2 Å². The van der Waals surface area contributed by atoms with Gasteiger partial charge in [0.1, 0.15) is 5.82 Å². The number of rotatable bonds is 4. The van der Waals surface area contributed by atoms with Crippen molar-refractivity contribution < 1.29 is 9.90 Å². The molecule has 5 nitrogen and oxygen atoms in total. The van der Waals surface area contributed by atoms with Crippen molar-refractivity contribution in [2.24, 2.45) is 5.92 Å². The highest BCUT2D eigenvalue weighted by atomic mass is 16.3.